The quantitative estimate of drug-likeness (QED) is 0.515. The van der Waals surface area contributed by atoms with Crippen molar-refractivity contribution in [2.45, 2.75) is 18.7 Å². The number of rotatable bonds is 11. The number of hydrogen-bond acceptors (Lipinski definition) is 8. The van der Waals surface area contributed by atoms with E-state index in [-0.39, 0.29) is 5.75 Å². The van der Waals surface area contributed by atoms with Crippen molar-refractivity contribution in [1.29, 1.82) is 0 Å². The molecule has 0 saturated carbocycles. The fourth-order valence-corrected chi connectivity index (χ4v) is 3.99. The first kappa shape index (κ1) is 24.9. The van der Waals surface area contributed by atoms with Crippen LogP contribution in [0.2, 0.25) is 0 Å². The molecule has 0 saturated heterocycles. The molecule has 2 N–H and O–H groups in total. The van der Waals surface area contributed by atoms with E-state index in [0.29, 0.717) is 39.8 Å². The summed E-state index contributed by atoms with van der Waals surface area (Å²) in [6.45, 7) is 1.48. The van der Waals surface area contributed by atoms with E-state index in [0.717, 1.165) is 5.41 Å². The second-order valence-corrected chi connectivity index (χ2v) is 8.68. The fourth-order valence-electron chi connectivity index (χ4n) is 2.90. The number of anilines is 1. The van der Waals surface area contributed by atoms with Gasteiger partial charge in [-0.15, -0.1) is 0 Å². The Balaban J connectivity index is 2.33. The predicted octanol–water partition coefficient (Wildman–Crippen LogP) is 3.19. The van der Waals surface area contributed by atoms with Crippen LogP contribution in [0.1, 0.15) is 18.1 Å². The molecule has 0 unspecified atom stereocenters. The van der Waals surface area contributed by atoms with Crippen molar-refractivity contribution >= 4 is 27.6 Å². The molecule has 0 fully saturated rings. The van der Waals surface area contributed by atoms with Crippen LogP contribution in [0.5, 0.6) is 23.0 Å². The summed E-state index contributed by atoms with van der Waals surface area (Å²) in [5, 5.41) is 13.0. The molecule has 174 valence electrons. The first-order chi connectivity index (χ1) is 15.1. The molecule has 2 aromatic carbocycles. The smallest absolute Gasteiger partial charge is 0.325 e. The minimum Gasteiger partial charge on any atom is -0.496 e. The third kappa shape index (κ3) is 6.30. The maximum Gasteiger partial charge on any atom is 0.325 e. The molecule has 32 heavy (non-hydrogen) atoms. The minimum absolute atomic E-state index is 0.301. The number of sulfone groups is 1. The Hall–Kier alpha value is -3.40. The van der Waals surface area contributed by atoms with Crippen molar-refractivity contribution in [2.24, 2.45) is 0 Å². The van der Waals surface area contributed by atoms with Gasteiger partial charge in [-0.3, -0.25) is 4.79 Å². The van der Waals surface area contributed by atoms with Crippen LogP contribution in [0.25, 0.3) is 6.08 Å². The van der Waals surface area contributed by atoms with Crippen molar-refractivity contribution < 1.29 is 37.3 Å². The summed E-state index contributed by atoms with van der Waals surface area (Å²) < 4.78 is 46.6. The molecule has 9 nitrogen and oxygen atoms in total. The van der Waals surface area contributed by atoms with E-state index in [1.807, 2.05) is 0 Å². The van der Waals surface area contributed by atoms with E-state index >= 15 is 0 Å². The zero-order valence-corrected chi connectivity index (χ0v) is 19.4. The molecule has 2 aromatic rings. The summed E-state index contributed by atoms with van der Waals surface area (Å²) in [5.41, 5.74) is 1.30. The number of benzene rings is 2. The topological polar surface area (TPSA) is 120 Å². The van der Waals surface area contributed by atoms with E-state index < -0.39 is 21.8 Å². The zero-order valence-electron chi connectivity index (χ0n) is 18.5. The number of methoxy groups -OCH3 is 4. The Labute approximate surface area is 187 Å². The molecule has 0 bridgehead atoms. The molecule has 10 heteroatoms. The largest absolute Gasteiger partial charge is 0.496 e. The van der Waals surface area contributed by atoms with Gasteiger partial charge in [0.25, 0.3) is 0 Å². The van der Waals surface area contributed by atoms with Crippen LogP contribution < -0.4 is 24.3 Å². The van der Waals surface area contributed by atoms with Crippen molar-refractivity contribution in [3.8, 4) is 23.0 Å². The Morgan fingerprint density at radius 3 is 2.09 bits per heavy atom. The van der Waals surface area contributed by atoms with Crippen LogP contribution in [0.4, 0.5) is 5.69 Å². The van der Waals surface area contributed by atoms with Gasteiger partial charge in [-0.1, -0.05) is 6.07 Å². The van der Waals surface area contributed by atoms with Crippen LogP contribution in [0.15, 0.2) is 35.7 Å². The van der Waals surface area contributed by atoms with Crippen LogP contribution in [0, 0.1) is 0 Å². The molecule has 0 spiro atoms. The first-order valence-corrected chi connectivity index (χ1v) is 11.2. The Morgan fingerprint density at radius 2 is 1.59 bits per heavy atom. The molecule has 0 aliphatic carbocycles. The van der Waals surface area contributed by atoms with Gasteiger partial charge in [-0.25, -0.2) is 8.42 Å². The Morgan fingerprint density at radius 1 is 1.00 bits per heavy atom. The van der Waals surface area contributed by atoms with Gasteiger partial charge in [0.05, 0.1) is 45.4 Å². The third-order valence-corrected chi connectivity index (χ3v) is 5.86. The van der Waals surface area contributed by atoms with Gasteiger partial charge < -0.3 is 29.4 Å². The SMILES string of the molecule is COc1cc(OC)c(/C=C/S(=O)(=O)Cc2ccc(OC)c(N[C@H](C)C(=O)O)c2)c(OC)c1. The highest BCUT2D eigenvalue weighted by Crippen LogP contribution is 2.35. The average molecular weight is 466 g/mol. The summed E-state index contributed by atoms with van der Waals surface area (Å²) in [6.07, 6.45) is 1.40. The molecule has 0 aliphatic heterocycles. The number of carboxylic acids is 1. The van der Waals surface area contributed by atoms with Gasteiger partial charge >= 0.3 is 5.97 Å². The van der Waals surface area contributed by atoms with Crippen molar-refractivity contribution in [2.75, 3.05) is 33.8 Å². The van der Waals surface area contributed by atoms with E-state index in [1.54, 1.807) is 30.3 Å². The number of hydrogen-bond donors (Lipinski definition) is 2. The van der Waals surface area contributed by atoms with Gasteiger partial charge in [0.2, 0.25) is 0 Å². The molecular weight excluding hydrogens is 438 g/mol. The second-order valence-electron chi connectivity index (χ2n) is 6.79. The third-order valence-electron chi connectivity index (χ3n) is 4.57. The van der Waals surface area contributed by atoms with E-state index in [1.165, 1.54) is 41.4 Å². The lowest BCUT2D eigenvalue weighted by Gasteiger charge is -2.15. The molecule has 0 aliphatic rings. The van der Waals surface area contributed by atoms with Gasteiger partial charge in [0.15, 0.2) is 9.84 Å². The van der Waals surface area contributed by atoms with E-state index in [2.05, 4.69) is 5.32 Å². The maximum absolute atomic E-state index is 12.8. The predicted molar refractivity (Wildman–Crippen MR) is 121 cm³/mol. The summed E-state index contributed by atoms with van der Waals surface area (Å²) in [6, 6.07) is 7.11. The van der Waals surface area contributed by atoms with Crippen LogP contribution >= 0.6 is 0 Å². The summed E-state index contributed by atoms with van der Waals surface area (Å²) in [7, 11) is 2.19. The van der Waals surface area contributed by atoms with E-state index in [9.17, 15) is 13.2 Å². The summed E-state index contributed by atoms with van der Waals surface area (Å²) >= 11 is 0. The molecule has 0 radical (unpaired) electrons. The molecule has 1 atom stereocenters. The van der Waals surface area contributed by atoms with Crippen molar-refractivity contribution in [1.82, 2.24) is 0 Å². The van der Waals surface area contributed by atoms with E-state index in [4.69, 9.17) is 24.1 Å². The number of aliphatic carboxylic acids is 1. The zero-order chi connectivity index (χ0) is 23.9. The monoisotopic (exact) mass is 465 g/mol. The Kier molecular flexibility index (Phi) is 8.36. The lowest BCUT2D eigenvalue weighted by atomic mass is 10.1. The first-order valence-electron chi connectivity index (χ1n) is 9.51. The van der Waals surface area contributed by atoms with Gasteiger partial charge in [0, 0.05) is 17.5 Å². The summed E-state index contributed by atoms with van der Waals surface area (Å²) in [5.74, 6) is 0.354. The normalized spacial score (nSPS) is 12.3. The maximum atomic E-state index is 12.8. The minimum atomic E-state index is -3.69. The molecule has 0 aromatic heterocycles. The number of carbonyl (C=O) groups is 1. The number of nitrogens with one attached hydrogen (secondary N) is 1. The highest BCUT2D eigenvalue weighted by Gasteiger charge is 2.17. The van der Waals surface area contributed by atoms with Gasteiger partial charge in [-0.2, -0.15) is 0 Å². The number of carboxylic acid groups (broad SMARTS) is 1. The van der Waals surface area contributed by atoms with Crippen LogP contribution in [-0.4, -0.2) is 54.0 Å². The number of ether oxygens (including phenoxy) is 4. The highest BCUT2D eigenvalue weighted by molar-refractivity contribution is 7.93. The standard InChI is InChI=1S/C22H27NO8S/c1-14(22(24)25)23-18-10-15(6-7-19(18)29-3)13-32(26,27)9-8-17-20(30-4)11-16(28-2)12-21(17)31-5/h6-12,14,23H,13H2,1-5H3,(H,24,25)/b9-8+/t14-/m1/s1. The molecule has 2 rings (SSSR count). The lowest BCUT2D eigenvalue weighted by Crippen LogP contribution is -2.25. The van der Waals surface area contributed by atoms with Crippen LogP contribution in [-0.2, 0) is 20.4 Å². The van der Waals surface area contributed by atoms with Crippen molar-refractivity contribution in [3.63, 3.8) is 0 Å². The molecular formula is C22H27NO8S. The Bertz CT molecular complexity index is 1070. The van der Waals surface area contributed by atoms with Gasteiger partial charge in [-0.05, 0) is 30.7 Å². The molecule has 0 heterocycles. The summed E-state index contributed by atoms with van der Waals surface area (Å²) in [4.78, 5) is 11.1. The van der Waals surface area contributed by atoms with Crippen molar-refractivity contribution in [3.05, 3.63) is 46.9 Å². The van der Waals surface area contributed by atoms with Crippen LogP contribution in [0.3, 0.4) is 0 Å². The second kappa shape index (κ2) is 10.8. The van der Waals surface area contributed by atoms with Gasteiger partial charge in [0.1, 0.15) is 29.0 Å². The lowest BCUT2D eigenvalue weighted by molar-refractivity contribution is -0.137. The average Bonchev–Trinajstić information content (AvgIpc) is 2.76. The fraction of sp³-hybridized carbons (Fsp3) is 0.318. The highest BCUT2D eigenvalue weighted by atomic mass is 32.2. The molecule has 0 amide bonds.